The summed E-state index contributed by atoms with van der Waals surface area (Å²) in [5.41, 5.74) is 0.667. The Kier molecular flexibility index (Phi) is 7.55. The van der Waals surface area contributed by atoms with Crippen LogP contribution in [0.5, 0.6) is 11.5 Å². The van der Waals surface area contributed by atoms with Gasteiger partial charge < -0.3 is 19.9 Å². The molecule has 0 spiro atoms. The van der Waals surface area contributed by atoms with Gasteiger partial charge in [0.15, 0.2) is 11.5 Å². The van der Waals surface area contributed by atoms with E-state index < -0.39 is 12.0 Å². The minimum absolute atomic E-state index is 0.155. The van der Waals surface area contributed by atoms with Gasteiger partial charge >= 0.3 is 5.97 Å². The monoisotopic (exact) mass is 337 g/mol. The molecule has 1 rings (SSSR count). The van der Waals surface area contributed by atoms with Crippen LogP contribution in [0.15, 0.2) is 18.2 Å². The lowest BCUT2D eigenvalue weighted by Crippen LogP contribution is -2.31. The predicted molar refractivity (Wildman–Crippen MR) is 91.3 cm³/mol. The Hall–Kier alpha value is -2.24. The molecule has 2 atom stereocenters. The minimum Gasteiger partial charge on any atom is -0.493 e. The van der Waals surface area contributed by atoms with Crippen molar-refractivity contribution in [2.24, 2.45) is 11.8 Å². The van der Waals surface area contributed by atoms with Crippen LogP contribution in [0.3, 0.4) is 0 Å². The molecule has 0 radical (unpaired) electrons. The first-order valence-electron chi connectivity index (χ1n) is 8.01. The Morgan fingerprint density at radius 3 is 2.21 bits per heavy atom. The number of hydrogen-bond donors (Lipinski definition) is 2. The normalized spacial score (nSPS) is 13.2. The third kappa shape index (κ3) is 5.76. The molecule has 0 saturated carbocycles. The molecule has 0 fully saturated rings. The molecule has 24 heavy (non-hydrogen) atoms. The number of hydrogen-bond acceptors (Lipinski definition) is 4. The highest BCUT2D eigenvalue weighted by Crippen LogP contribution is 2.31. The fraction of sp³-hybridized carbons (Fsp3) is 0.556. The van der Waals surface area contributed by atoms with E-state index in [0.717, 1.165) is 0 Å². The molecular weight excluding hydrogens is 310 g/mol. The van der Waals surface area contributed by atoms with Crippen LogP contribution in [0.4, 0.5) is 0 Å². The van der Waals surface area contributed by atoms with Gasteiger partial charge in [0.2, 0.25) is 5.91 Å². The second kappa shape index (κ2) is 9.15. The van der Waals surface area contributed by atoms with Crippen LogP contribution in [0.2, 0.25) is 0 Å². The lowest BCUT2D eigenvalue weighted by atomic mass is 9.94. The van der Waals surface area contributed by atoms with Crippen molar-refractivity contribution in [1.82, 2.24) is 5.32 Å². The zero-order chi connectivity index (χ0) is 18.3. The van der Waals surface area contributed by atoms with Gasteiger partial charge in [-0.05, 0) is 29.5 Å². The van der Waals surface area contributed by atoms with E-state index in [0.29, 0.717) is 29.4 Å². The summed E-state index contributed by atoms with van der Waals surface area (Å²) in [6, 6.07) is 4.51. The quantitative estimate of drug-likeness (QED) is 0.723. The molecule has 0 aromatic heterocycles. The lowest BCUT2D eigenvalue weighted by molar-refractivity contribution is -0.137. The van der Waals surface area contributed by atoms with Crippen LogP contribution < -0.4 is 14.8 Å². The highest BCUT2D eigenvalue weighted by Gasteiger charge is 2.21. The second-order valence-electron chi connectivity index (χ2n) is 6.26. The fourth-order valence-electron chi connectivity index (χ4n) is 2.28. The van der Waals surface area contributed by atoms with E-state index in [1.165, 1.54) is 14.2 Å². The van der Waals surface area contributed by atoms with Crippen molar-refractivity contribution in [2.75, 3.05) is 14.2 Å². The summed E-state index contributed by atoms with van der Waals surface area (Å²) in [6.45, 7) is 6.12. The minimum atomic E-state index is -0.980. The molecule has 0 aliphatic rings. The summed E-state index contributed by atoms with van der Waals surface area (Å²) < 4.78 is 10.4. The van der Waals surface area contributed by atoms with E-state index in [2.05, 4.69) is 19.2 Å². The molecule has 2 unspecified atom stereocenters. The molecule has 1 amide bonds. The van der Waals surface area contributed by atoms with Crippen molar-refractivity contribution in [3.63, 3.8) is 0 Å². The number of benzene rings is 1. The van der Waals surface area contributed by atoms with Crippen molar-refractivity contribution < 1.29 is 24.2 Å². The number of carboxylic acid groups (broad SMARTS) is 1. The van der Waals surface area contributed by atoms with E-state index in [-0.39, 0.29) is 18.2 Å². The summed E-state index contributed by atoms with van der Waals surface area (Å²) in [6.07, 6.45) is 0.165. The first kappa shape index (κ1) is 19.8. The first-order chi connectivity index (χ1) is 11.3. The number of aliphatic carboxylic acids is 1. The number of ether oxygens (including phenoxy) is 2. The Bertz CT molecular complexity index is 571. The number of carbonyl (C=O) groups excluding carboxylic acids is 1. The third-order valence-corrected chi connectivity index (χ3v) is 4.17. The predicted octanol–water partition coefficient (Wildman–Crippen LogP) is 3.02. The molecule has 0 bridgehead atoms. The molecule has 134 valence electrons. The molecule has 0 aliphatic heterocycles. The highest BCUT2D eigenvalue weighted by molar-refractivity contribution is 5.78. The van der Waals surface area contributed by atoms with Crippen LogP contribution in [0.25, 0.3) is 0 Å². The molecule has 1 aromatic carbocycles. The molecule has 0 saturated heterocycles. The van der Waals surface area contributed by atoms with Gasteiger partial charge in [0.1, 0.15) is 0 Å². The van der Waals surface area contributed by atoms with E-state index in [1.54, 1.807) is 18.2 Å². The average molecular weight is 337 g/mol. The summed E-state index contributed by atoms with van der Waals surface area (Å²) in [5.74, 6) is 0.519. The van der Waals surface area contributed by atoms with Gasteiger partial charge in [-0.3, -0.25) is 9.59 Å². The van der Waals surface area contributed by atoms with Gasteiger partial charge in [-0.25, -0.2) is 0 Å². The molecule has 0 heterocycles. The van der Waals surface area contributed by atoms with Gasteiger partial charge in [-0.15, -0.1) is 0 Å². The maximum atomic E-state index is 12.2. The molecular formula is C18H27NO5. The summed E-state index contributed by atoms with van der Waals surface area (Å²) in [7, 11) is 3.04. The maximum Gasteiger partial charge on any atom is 0.305 e. The topological polar surface area (TPSA) is 84.9 Å². The van der Waals surface area contributed by atoms with Crippen LogP contribution in [0, 0.1) is 11.8 Å². The largest absolute Gasteiger partial charge is 0.493 e. The number of carboxylic acids is 1. The third-order valence-electron chi connectivity index (χ3n) is 4.17. The number of carbonyl (C=O) groups is 2. The van der Waals surface area contributed by atoms with Crippen molar-refractivity contribution in [1.29, 1.82) is 0 Å². The summed E-state index contributed by atoms with van der Waals surface area (Å²) in [4.78, 5) is 23.4. The number of rotatable bonds is 9. The number of methoxy groups -OCH3 is 2. The Balaban J connectivity index is 2.96. The van der Waals surface area contributed by atoms with Crippen molar-refractivity contribution in [3.05, 3.63) is 23.8 Å². The van der Waals surface area contributed by atoms with E-state index in [1.807, 2.05) is 6.92 Å². The standard InChI is InChI=1S/C18H27NO5/c1-11(2)12(3)8-17(20)19-14(10-18(21)22)13-6-7-15(23-4)16(9-13)24-5/h6-7,9,11-12,14H,8,10H2,1-5H3,(H,19,20)(H,21,22). The summed E-state index contributed by atoms with van der Waals surface area (Å²) in [5, 5.41) is 12.0. The van der Waals surface area contributed by atoms with Crippen molar-refractivity contribution >= 4 is 11.9 Å². The maximum absolute atomic E-state index is 12.2. The average Bonchev–Trinajstić information content (AvgIpc) is 2.52. The van der Waals surface area contributed by atoms with Crippen LogP contribution in [-0.4, -0.2) is 31.2 Å². The van der Waals surface area contributed by atoms with E-state index >= 15 is 0 Å². The van der Waals surface area contributed by atoms with Gasteiger partial charge in [0.05, 0.1) is 26.7 Å². The van der Waals surface area contributed by atoms with E-state index in [9.17, 15) is 9.59 Å². The van der Waals surface area contributed by atoms with Gasteiger partial charge in [-0.2, -0.15) is 0 Å². The lowest BCUT2D eigenvalue weighted by Gasteiger charge is -2.21. The molecule has 2 N–H and O–H groups in total. The fourth-order valence-corrected chi connectivity index (χ4v) is 2.28. The molecule has 0 aliphatic carbocycles. The van der Waals surface area contributed by atoms with Crippen LogP contribution >= 0.6 is 0 Å². The summed E-state index contributed by atoms with van der Waals surface area (Å²) >= 11 is 0. The Labute approximate surface area is 143 Å². The first-order valence-corrected chi connectivity index (χ1v) is 8.01. The Morgan fingerprint density at radius 2 is 1.71 bits per heavy atom. The molecule has 6 heteroatoms. The molecule has 1 aromatic rings. The number of amides is 1. The smallest absolute Gasteiger partial charge is 0.305 e. The van der Waals surface area contributed by atoms with Gasteiger partial charge in [0, 0.05) is 6.42 Å². The zero-order valence-corrected chi connectivity index (χ0v) is 15.0. The Morgan fingerprint density at radius 1 is 1.08 bits per heavy atom. The van der Waals surface area contributed by atoms with Gasteiger partial charge in [0.25, 0.3) is 0 Å². The van der Waals surface area contributed by atoms with E-state index in [4.69, 9.17) is 14.6 Å². The van der Waals surface area contributed by atoms with Crippen LogP contribution in [-0.2, 0) is 9.59 Å². The van der Waals surface area contributed by atoms with Gasteiger partial charge in [-0.1, -0.05) is 26.8 Å². The van der Waals surface area contributed by atoms with Crippen molar-refractivity contribution in [2.45, 2.75) is 39.7 Å². The SMILES string of the molecule is COc1ccc(C(CC(=O)O)NC(=O)CC(C)C(C)C)cc1OC. The molecule has 6 nitrogen and oxygen atoms in total. The van der Waals surface area contributed by atoms with Crippen LogP contribution in [0.1, 0.15) is 45.2 Å². The second-order valence-corrected chi connectivity index (χ2v) is 6.26. The highest BCUT2D eigenvalue weighted by atomic mass is 16.5. The zero-order valence-electron chi connectivity index (χ0n) is 15.0. The number of nitrogens with one attached hydrogen (secondary N) is 1. The van der Waals surface area contributed by atoms with Crippen molar-refractivity contribution in [3.8, 4) is 11.5 Å².